The van der Waals surface area contributed by atoms with Gasteiger partial charge in [-0.3, -0.25) is 0 Å². The smallest absolute Gasteiger partial charge is 0.114 e. The largest absolute Gasteiger partial charge is 0.365 e. The third kappa shape index (κ3) is 1.65. The van der Waals surface area contributed by atoms with Gasteiger partial charge >= 0.3 is 0 Å². The summed E-state index contributed by atoms with van der Waals surface area (Å²) in [6, 6.07) is 8.53. The third-order valence-corrected chi connectivity index (χ3v) is 2.50. The van der Waals surface area contributed by atoms with E-state index >= 15 is 0 Å². The molecule has 1 fully saturated rings. The summed E-state index contributed by atoms with van der Waals surface area (Å²) in [6.07, 6.45) is 2.86. The summed E-state index contributed by atoms with van der Waals surface area (Å²) in [5.74, 6) is 0. The van der Waals surface area contributed by atoms with Crippen molar-refractivity contribution in [3.05, 3.63) is 48.0 Å². The molecule has 1 aromatic carbocycles. The van der Waals surface area contributed by atoms with Crippen LogP contribution in [0.3, 0.4) is 0 Å². The summed E-state index contributed by atoms with van der Waals surface area (Å²) < 4.78 is 5.39. The van der Waals surface area contributed by atoms with Gasteiger partial charge in [-0.2, -0.15) is 0 Å². The highest BCUT2D eigenvalue weighted by Gasteiger charge is 2.40. The van der Waals surface area contributed by atoms with Gasteiger partial charge < -0.3 is 4.74 Å². The standard InChI is InChI=1S/C12H14O/c1-3-5-10-6-4-7-11(8-10)12(2)9-13-12/h3-4,6-8H,1,5,9H2,2H3. The molecule has 0 N–H and O–H groups in total. The van der Waals surface area contributed by atoms with Gasteiger partial charge in [0.15, 0.2) is 0 Å². The van der Waals surface area contributed by atoms with E-state index in [-0.39, 0.29) is 5.60 Å². The van der Waals surface area contributed by atoms with Crippen molar-refractivity contribution in [3.8, 4) is 0 Å². The molecule has 0 spiro atoms. The fourth-order valence-electron chi connectivity index (χ4n) is 1.47. The number of hydrogen-bond acceptors (Lipinski definition) is 1. The summed E-state index contributed by atoms with van der Waals surface area (Å²) in [5, 5.41) is 0. The molecule has 0 amide bonds. The first-order valence-corrected chi connectivity index (χ1v) is 4.59. The highest BCUT2D eigenvalue weighted by Crippen LogP contribution is 2.37. The maximum Gasteiger partial charge on any atom is 0.114 e. The van der Waals surface area contributed by atoms with Crippen LogP contribution in [0.5, 0.6) is 0 Å². The van der Waals surface area contributed by atoms with Crippen molar-refractivity contribution >= 4 is 0 Å². The Morgan fingerprint density at radius 2 is 2.38 bits per heavy atom. The van der Waals surface area contributed by atoms with E-state index in [1.165, 1.54) is 11.1 Å². The average Bonchev–Trinajstić information content (AvgIpc) is 2.86. The molecule has 1 nitrogen and oxygen atoms in total. The van der Waals surface area contributed by atoms with Crippen molar-refractivity contribution in [2.24, 2.45) is 0 Å². The van der Waals surface area contributed by atoms with Gasteiger partial charge in [0.1, 0.15) is 5.60 Å². The maximum absolute atomic E-state index is 5.39. The molecule has 0 aliphatic carbocycles. The van der Waals surface area contributed by atoms with E-state index in [1.54, 1.807) is 0 Å². The van der Waals surface area contributed by atoms with Crippen LogP contribution in [0.15, 0.2) is 36.9 Å². The molecule has 1 saturated heterocycles. The Labute approximate surface area is 79.0 Å². The van der Waals surface area contributed by atoms with Crippen LogP contribution in [0.4, 0.5) is 0 Å². The molecule has 0 bridgehead atoms. The predicted octanol–water partition coefficient (Wildman–Crippen LogP) is 2.66. The van der Waals surface area contributed by atoms with Gasteiger partial charge in [-0.25, -0.2) is 0 Å². The minimum atomic E-state index is -0.00280. The fraction of sp³-hybridized carbons (Fsp3) is 0.333. The van der Waals surface area contributed by atoms with Crippen molar-refractivity contribution in [1.29, 1.82) is 0 Å². The van der Waals surface area contributed by atoms with E-state index in [1.807, 2.05) is 6.08 Å². The maximum atomic E-state index is 5.39. The van der Waals surface area contributed by atoms with Gasteiger partial charge in [0, 0.05) is 0 Å². The molecule has 2 rings (SSSR count). The summed E-state index contributed by atoms with van der Waals surface area (Å²) in [6.45, 7) is 6.71. The lowest BCUT2D eigenvalue weighted by atomic mass is 9.99. The van der Waals surface area contributed by atoms with Gasteiger partial charge in [0.2, 0.25) is 0 Å². The Bertz CT molecular complexity index is 324. The molecule has 68 valence electrons. The van der Waals surface area contributed by atoms with Gasteiger partial charge in [-0.05, 0) is 24.5 Å². The molecule has 0 saturated carbocycles. The van der Waals surface area contributed by atoms with Crippen LogP contribution < -0.4 is 0 Å². The monoisotopic (exact) mass is 174 g/mol. The lowest BCUT2D eigenvalue weighted by Crippen LogP contribution is -2.02. The normalized spacial score (nSPS) is 25.6. The first-order valence-electron chi connectivity index (χ1n) is 4.59. The molecule has 0 radical (unpaired) electrons. The van der Waals surface area contributed by atoms with Crippen molar-refractivity contribution in [3.63, 3.8) is 0 Å². The second kappa shape index (κ2) is 3.00. The Kier molecular flexibility index (Phi) is 1.97. The molecule has 1 aliphatic rings. The molecule has 0 aromatic heterocycles. The molecule has 1 aromatic rings. The van der Waals surface area contributed by atoms with Crippen molar-refractivity contribution in [2.75, 3.05) is 6.61 Å². The first kappa shape index (κ1) is 8.52. The highest BCUT2D eigenvalue weighted by atomic mass is 16.6. The highest BCUT2D eigenvalue weighted by molar-refractivity contribution is 5.31. The molecule has 1 aliphatic heterocycles. The molecule has 1 heterocycles. The second-order valence-electron chi connectivity index (χ2n) is 3.71. The van der Waals surface area contributed by atoms with E-state index in [4.69, 9.17) is 4.74 Å². The Balaban J connectivity index is 2.27. The molecule has 1 unspecified atom stereocenters. The second-order valence-corrected chi connectivity index (χ2v) is 3.71. The molecule has 1 atom stereocenters. The Hall–Kier alpha value is -1.08. The zero-order valence-corrected chi connectivity index (χ0v) is 7.92. The van der Waals surface area contributed by atoms with Crippen LogP contribution >= 0.6 is 0 Å². The number of ether oxygens (including phenoxy) is 1. The van der Waals surface area contributed by atoms with Crippen LogP contribution in [0.1, 0.15) is 18.1 Å². The lowest BCUT2D eigenvalue weighted by molar-refractivity contribution is 0.329. The molecular weight excluding hydrogens is 160 g/mol. The van der Waals surface area contributed by atoms with E-state index < -0.39 is 0 Å². The summed E-state index contributed by atoms with van der Waals surface area (Å²) >= 11 is 0. The number of rotatable bonds is 3. The van der Waals surface area contributed by atoms with Crippen LogP contribution in [-0.2, 0) is 16.8 Å². The predicted molar refractivity (Wildman–Crippen MR) is 53.6 cm³/mol. The van der Waals surface area contributed by atoms with Gasteiger partial charge in [0.25, 0.3) is 0 Å². The Morgan fingerprint density at radius 1 is 1.62 bits per heavy atom. The van der Waals surface area contributed by atoms with Gasteiger partial charge in [-0.15, -0.1) is 6.58 Å². The van der Waals surface area contributed by atoms with E-state index in [0.717, 1.165) is 13.0 Å². The van der Waals surface area contributed by atoms with Gasteiger partial charge in [-0.1, -0.05) is 30.3 Å². The lowest BCUT2D eigenvalue weighted by Gasteiger charge is -2.06. The van der Waals surface area contributed by atoms with Crippen LogP contribution in [0.25, 0.3) is 0 Å². The van der Waals surface area contributed by atoms with Crippen LogP contribution in [0.2, 0.25) is 0 Å². The van der Waals surface area contributed by atoms with Crippen LogP contribution in [-0.4, -0.2) is 6.61 Å². The van der Waals surface area contributed by atoms with Crippen molar-refractivity contribution < 1.29 is 4.74 Å². The minimum Gasteiger partial charge on any atom is -0.365 e. The summed E-state index contributed by atoms with van der Waals surface area (Å²) in [5.41, 5.74) is 2.59. The number of allylic oxidation sites excluding steroid dienone is 1. The third-order valence-electron chi connectivity index (χ3n) is 2.50. The minimum absolute atomic E-state index is 0.00280. The molecular formula is C12H14O. The average molecular weight is 174 g/mol. The molecule has 13 heavy (non-hydrogen) atoms. The summed E-state index contributed by atoms with van der Waals surface area (Å²) in [7, 11) is 0. The van der Waals surface area contributed by atoms with E-state index in [9.17, 15) is 0 Å². The zero-order chi connectivity index (χ0) is 9.31. The topological polar surface area (TPSA) is 12.5 Å². The number of hydrogen-bond donors (Lipinski definition) is 0. The van der Waals surface area contributed by atoms with Crippen molar-refractivity contribution in [1.82, 2.24) is 0 Å². The Morgan fingerprint density at radius 3 is 3.00 bits per heavy atom. The number of epoxide rings is 1. The van der Waals surface area contributed by atoms with E-state index in [0.29, 0.717) is 0 Å². The van der Waals surface area contributed by atoms with E-state index in [2.05, 4.69) is 37.8 Å². The van der Waals surface area contributed by atoms with Crippen LogP contribution in [0, 0.1) is 0 Å². The first-order chi connectivity index (χ1) is 6.24. The fourth-order valence-corrected chi connectivity index (χ4v) is 1.47. The SMILES string of the molecule is C=CCc1cccc(C2(C)CO2)c1. The number of benzene rings is 1. The van der Waals surface area contributed by atoms with Gasteiger partial charge in [0.05, 0.1) is 6.61 Å². The zero-order valence-electron chi connectivity index (χ0n) is 7.92. The quantitative estimate of drug-likeness (QED) is 0.507. The summed E-state index contributed by atoms with van der Waals surface area (Å²) in [4.78, 5) is 0. The molecule has 1 heteroatoms. The van der Waals surface area contributed by atoms with Crippen molar-refractivity contribution in [2.45, 2.75) is 18.9 Å².